The molecule has 0 bridgehead atoms. The Bertz CT molecular complexity index is 427. The molecule has 5 nitrogen and oxygen atoms in total. The van der Waals surface area contributed by atoms with E-state index in [-0.39, 0.29) is 12.2 Å². The van der Waals surface area contributed by atoms with Crippen LogP contribution in [0.1, 0.15) is 13.3 Å². The number of methoxy groups -OCH3 is 2. The van der Waals surface area contributed by atoms with Gasteiger partial charge in [-0.15, -0.1) is 0 Å². The zero-order valence-electron chi connectivity index (χ0n) is 12.5. The minimum atomic E-state index is 0.0691. The van der Waals surface area contributed by atoms with Gasteiger partial charge in [-0.05, 0) is 18.6 Å². The van der Waals surface area contributed by atoms with Gasteiger partial charge in [0.15, 0.2) is 0 Å². The molecule has 2 N–H and O–H groups in total. The van der Waals surface area contributed by atoms with Gasteiger partial charge >= 0.3 is 0 Å². The van der Waals surface area contributed by atoms with E-state index in [0.29, 0.717) is 12.3 Å². The lowest BCUT2D eigenvalue weighted by molar-refractivity contribution is -0.00461. The van der Waals surface area contributed by atoms with Crippen LogP contribution in [0.2, 0.25) is 0 Å². The first-order valence-corrected chi connectivity index (χ1v) is 7.03. The van der Waals surface area contributed by atoms with Crippen LogP contribution in [0.3, 0.4) is 0 Å². The SMILES string of the molecule is CCCOc1cccc(N2CC(OC)C(OC)C2)c1N. The monoisotopic (exact) mass is 280 g/mol. The molecule has 0 radical (unpaired) electrons. The highest BCUT2D eigenvalue weighted by Gasteiger charge is 2.34. The van der Waals surface area contributed by atoms with Gasteiger partial charge in [0.2, 0.25) is 0 Å². The number of rotatable bonds is 6. The second-order valence-electron chi connectivity index (χ2n) is 4.99. The molecule has 2 atom stereocenters. The maximum Gasteiger partial charge on any atom is 0.144 e. The fourth-order valence-electron chi connectivity index (χ4n) is 2.54. The molecule has 5 heteroatoms. The number of anilines is 2. The molecule has 1 aliphatic rings. The molecule has 1 aromatic carbocycles. The number of ether oxygens (including phenoxy) is 3. The molecule has 1 aliphatic heterocycles. The Morgan fingerprint density at radius 3 is 2.40 bits per heavy atom. The zero-order valence-corrected chi connectivity index (χ0v) is 12.5. The van der Waals surface area contributed by atoms with Gasteiger partial charge in [-0.25, -0.2) is 0 Å². The van der Waals surface area contributed by atoms with Gasteiger partial charge in [0.1, 0.15) is 18.0 Å². The van der Waals surface area contributed by atoms with Crippen LogP contribution in [-0.4, -0.2) is 46.1 Å². The molecular formula is C15H24N2O3. The van der Waals surface area contributed by atoms with E-state index in [1.54, 1.807) is 14.2 Å². The first-order chi connectivity index (χ1) is 9.71. The molecular weight excluding hydrogens is 256 g/mol. The summed E-state index contributed by atoms with van der Waals surface area (Å²) in [6, 6.07) is 5.89. The van der Waals surface area contributed by atoms with E-state index in [4.69, 9.17) is 19.9 Å². The van der Waals surface area contributed by atoms with E-state index in [2.05, 4.69) is 11.8 Å². The van der Waals surface area contributed by atoms with Crippen LogP contribution in [0.15, 0.2) is 18.2 Å². The predicted molar refractivity (Wildman–Crippen MR) is 80.4 cm³/mol. The second-order valence-corrected chi connectivity index (χ2v) is 4.99. The smallest absolute Gasteiger partial charge is 0.144 e. The van der Waals surface area contributed by atoms with Crippen LogP contribution >= 0.6 is 0 Å². The van der Waals surface area contributed by atoms with Crippen molar-refractivity contribution < 1.29 is 14.2 Å². The molecule has 2 rings (SSSR count). The van der Waals surface area contributed by atoms with Crippen molar-refractivity contribution in [1.82, 2.24) is 0 Å². The third kappa shape index (κ3) is 2.99. The van der Waals surface area contributed by atoms with E-state index >= 15 is 0 Å². The van der Waals surface area contributed by atoms with Gasteiger partial charge in [0.05, 0.1) is 18.0 Å². The number of nitrogens with two attached hydrogens (primary N) is 1. The van der Waals surface area contributed by atoms with Crippen molar-refractivity contribution in [2.75, 3.05) is 44.5 Å². The summed E-state index contributed by atoms with van der Waals surface area (Å²) in [5, 5.41) is 0. The summed E-state index contributed by atoms with van der Waals surface area (Å²) in [6.45, 7) is 4.30. The predicted octanol–water partition coefficient (Wildman–Crippen LogP) is 1.91. The lowest BCUT2D eigenvalue weighted by Gasteiger charge is -2.21. The fourth-order valence-corrected chi connectivity index (χ4v) is 2.54. The molecule has 0 saturated carbocycles. The number of para-hydroxylation sites is 1. The Labute approximate surface area is 120 Å². The minimum Gasteiger partial charge on any atom is -0.491 e. The molecule has 1 fully saturated rings. The maximum absolute atomic E-state index is 6.23. The van der Waals surface area contributed by atoms with Crippen LogP contribution in [0, 0.1) is 0 Å². The highest BCUT2D eigenvalue weighted by Crippen LogP contribution is 2.34. The molecule has 1 saturated heterocycles. The molecule has 2 unspecified atom stereocenters. The summed E-state index contributed by atoms with van der Waals surface area (Å²) < 4.78 is 16.6. The third-order valence-corrected chi connectivity index (χ3v) is 3.67. The molecule has 0 aliphatic carbocycles. The van der Waals surface area contributed by atoms with Gasteiger partial charge < -0.3 is 24.8 Å². The van der Waals surface area contributed by atoms with E-state index in [0.717, 1.165) is 30.9 Å². The zero-order chi connectivity index (χ0) is 14.5. The summed E-state index contributed by atoms with van der Waals surface area (Å²) in [7, 11) is 3.43. The van der Waals surface area contributed by atoms with E-state index < -0.39 is 0 Å². The number of nitrogens with zero attached hydrogens (tertiary/aromatic N) is 1. The molecule has 1 aromatic rings. The van der Waals surface area contributed by atoms with Crippen molar-refractivity contribution >= 4 is 11.4 Å². The van der Waals surface area contributed by atoms with E-state index in [1.165, 1.54) is 0 Å². The fraction of sp³-hybridized carbons (Fsp3) is 0.600. The van der Waals surface area contributed by atoms with E-state index in [1.807, 2.05) is 18.2 Å². The Morgan fingerprint density at radius 2 is 1.85 bits per heavy atom. The number of nitrogen functional groups attached to an aromatic ring is 1. The average molecular weight is 280 g/mol. The van der Waals surface area contributed by atoms with Crippen molar-refractivity contribution in [3.05, 3.63) is 18.2 Å². The van der Waals surface area contributed by atoms with Crippen LogP contribution in [-0.2, 0) is 9.47 Å². The quantitative estimate of drug-likeness (QED) is 0.807. The normalized spacial score (nSPS) is 22.2. The van der Waals surface area contributed by atoms with Crippen LogP contribution in [0.25, 0.3) is 0 Å². The first-order valence-electron chi connectivity index (χ1n) is 7.03. The Kier molecular flexibility index (Phi) is 5.09. The summed E-state index contributed by atoms with van der Waals surface area (Å²) in [5.74, 6) is 0.749. The average Bonchev–Trinajstić information content (AvgIpc) is 2.89. The molecule has 1 heterocycles. The largest absolute Gasteiger partial charge is 0.491 e. The lowest BCUT2D eigenvalue weighted by Crippen LogP contribution is -2.27. The minimum absolute atomic E-state index is 0.0691. The molecule has 112 valence electrons. The number of hydrogen-bond acceptors (Lipinski definition) is 5. The highest BCUT2D eigenvalue weighted by atomic mass is 16.5. The number of hydrogen-bond donors (Lipinski definition) is 1. The first kappa shape index (κ1) is 14.9. The Balaban J connectivity index is 2.17. The Hall–Kier alpha value is -1.46. The third-order valence-electron chi connectivity index (χ3n) is 3.67. The van der Waals surface area contributed by atoms with Crippen LogP contribution in [0.4, 0.5) is 11.4 Å². The van der Waals surface area contributed by atoms with Gasteiger partial charge in [-0.3, -0.25) is 0 Å². The topological polar surface area (TPSA) is 57.0 Å². The van der Waals surface area contributed by atoms with Crippen molar-refractivity contribution in [2.45, 2.75) is 25.6 Å². The summed E-state index contributed by atoms with van der Waals surface area (Å²) >= 11 is 0. The van der Waals surface area contributed by atoms with Crippen molar-refractivity contribution in [3.63, 3.8) is 0 Å². The maximum atomic E-state index is 6.23. The van der Waals surface area contributed by atoms with Gasteiger partial charge in [0.25, 0.3) is 0 Å². The summed E-state index contributed by atoms with van der Waals surface area (Å²) in [4.78, 5) is 2.19. The van der Waals surface area contributed by atoms with E-state index in [9.17, 15) is 0 Å². The molecule has 0 amide bonds. The molecule has 0 spiro atoms. The van der Waals surface area contributed by atoms with Crippen molar-refractivity contribution in [1.29, 1.82) is 0 Å². The van der Waals surface area contributed by atoms with Crippen LogP contribution in [0.5, 0.6) is 5.75 Å². The highest BCUT2D eigenvalue weighted by molar-refractivity contribution is 5.74. The molecule has 0 aromatic heterocycles. The van der Waals surface area contributed by atoms with Crippen molar-refractivity contribution in [2.24, 2.45) is 0 Å². The van der Waals surface area contributed by atoms with Crippen molar-refractivity contribution in [3.8, 4) is 5.75 Å². The summed E-state index contributed by atoms with van der Waals surface area (Å²) in [6.07, 6.45) is 1.10. The summed E-state index contributed by atoms with van der Waals surface area (Å²) in [5.41, 5.74) is 7.90. The second kappa shape index (κ2) is 6.81. The van der Waals surface area contributed by atoms with Crippen LogP contribution < -0.4 is 15.4 Å². The van der Waals surface area contributed by atoms with Gasteiger partial charge in [-0.1, -0.05) is 13.0 Å². The lowest BCUT2D eigenvalue weighted by atomic mass is 10.2. The van der Waals surface area contributed by atoms with Gasteiger partial charge in [0, 0.05) is 27.3 Å². The molecule has 20 heavy (non-hydrogen) atoms. The Morgan fingerprint density at radius 1 is 1.20 bits per heavy atom. The van der Waals surface area contributed by atoms with Gasteiger partial charge in [-0.2, -0.15) is 0 Å². The number of benzene rings is 1. The standard InChI is InChI=1S/C15H24N2O3/c1-4-8-20-12-7-5-6-11(15(12)16)17-9-13(18-2)14(10-17)19-3/h5-7,13-14H,4,8-10,16H2,1-3H3.